The molecular formula is C24H21BrIN3O5. The van der Waals surface area contributed by atoms with E-state index in [-0.39, 0.29) is 18.0 Å². The highest BCUT2D eigenvalue weighted by Crippen LogP contribution is 2.34. The van der Waals surface area contributed by atoms with E-state index in [1.165, 1.54) is 18.3 Å². The number of carbonyl (C=O) groups is 1. The number of nitrogens with zero attached hydrogens (tertiary/aromatic N) is 2. The zero-order chi connectivity index (χ0) is 24.5. The fourth-order valence-electron chi connectivity index (χ4n) is 2.94. The molecule has 1 amide bonds. The van der Waals surface area contributed by atoms with Gasteiger partial charge in [-0.25, -0.2) is 5.43 Å². The summed E-state index contributed by atoms with van der Waals surface area (Å²) >= 11 is 5.60. The molecule has 3 rings (SSSR count). The number of halogens is 2. The summed E-state index contributed by atoms with van der Waals surface area (Å²) < 4.78 is 13.6. The fraction of sp³-hybridized carbons (Fsp3) is 0.167. The summed E-state index contributed by atoms with van der Waals surface area (Å²) in [4.78, 5) is 22.4. The summed E-state index contributed by atoms with van der Waals surface area (Å²) in [5.41, 5.74) is 4.87. The van der Waals surface area contributed by atoms with Crippen LogP contribution in [-0.2, 0) is 17.8 Å². The highest BCUT2D eigenvalue weighted by atomic mass is 127. The highest BCUT2D eigenvalue weighted by Gasteiger charge is 2.12. The molecule has 0 aliphatic carbocycles. The quantitative estimate of drug-likeness (QED) is 0.134. The smallest absolute Gasteiger partial charge is 0.269 e. The SMILES string of the molecule is CCOc1cc(/C=N\NC(=O)Cc2ccc([N+](=O)[O-])cc2)cc(I)c1OCc1ccc(Br)cc1. The Labute approximate surface area is 218 Å². The molecule has 0 saturated heterocycles. The largest absolute Gasteiger partial charge is 0.490 e. The van der Waals surface area contributed by atoms with E-state index in [1.54, 1.807) is 18.2 Å². The molecule has 0 saturated carbocycles. The summed E-state index contributed by atoms with van der Waals surface area (Å²) in [6.07, 6.45) is 1.58. The van der Waals surface area contributed by atoms with Crippen molar-refractivity contribution < 1.29 is 19.2 Å². The van der Waals surface area contributed by atoms with Crippen LogP contribution in [0.2, 0.25) is 0 Å². The molecular weight excluding hydrogens is 617 g/mol. The molecule has 0 aliphatic heterocycles. The van der Waals surface area contributed by atoms with E-state index in [9.17, 15) is 14.9 Å². The van der Waals surface area contributed by atoms with Crippen molar-refractivity contribution in [3.05, 3.63) is 95.5 Å². The molecule has 0 aromatic heterocycles. The second-order valence-corrected chi connectivity index (χ2v) is 9.15. The monoisotopic (exact) mass is 637 g/mol. The molecule has 0 heterocycles. The average molecular weight is 638 g/mol. The maximum atomic E-state index is 12.1. The summed E-state index contributed by atoms with van der Waals surface area (Å²) in [6, 6.07) is 17.4. The third-order valence-electron chi connectivity index (χ3n) is 4.54. The minimum Gasteiger partial charge on any atom is -0.490 e. The van der Waals surface area contributed by atoms with Crippen molar-refractivity contribution in [3.63, 3.8) is 0 Å². The lowest BCUT2D eigenvalue weighted by Crippen LogP contribution is -2.19. The normalized spacial score (nSPS) is 10.8. The van der Waals surface area contributed by atoms with Crippen molar-refractivity contribution in [2.75, 3.05) is 6.61 Å². The number of non-ortho nitro benzene ring substituents is 1. The van der Waals surface area contributed by atoms with Gasteiger partial charge in [0.15, 0.2) is 11.5 Å². The fourth-order valence-corrected chi connectivity index (χ4v) is 3.99. The Balaban J connectivity index is 1.63. The predicted octanol–water partition coefficient (Wildman–Crippen LogP) is 5.63. The Hall–Kier alpha value is -2.99. The van der Waals surface area contributed by atoms with Crippen molar-refractivity contribution in [1.82, 2.24) is 5.43 Å². The second-order valence-electron chi connectivity index (χ2n) is 7.07. The van der Waals surface area contributed by atoms with Gasteiger partial charge in [0.25, 0.3) is 5.69 Å². The number of carbonyl (C=O) groups excluding carboxylic acids is 1. The van der Waals surface area contributed by atoms with E-state index in [0.717, 1.165) is 19.2 Å². The lowest BCUT2D eigenvalue weighted by Gasteiger charge is -2.15. The summed E-state index contributed by atoms with van der Waals surface area (Å²) in [6.45, 7) is 2.76. The zero-order valence-electron chi connectivity index (χ0n) is 18.2. The Morgan fingerprint density at radius 1 is 1.12 bits per heavy atom. The van der Waals surface area contributed by atoms with Crippen LogP contribution in [0.15, 0.2) is 70.2 Å². The van der Waals surface area contributed by atoms with Crippen LogP contribution in [0, 0.1) is 13.7 Å². The molecule has 0 aliphatic rings. The van der Waals surface area contributed by atoms with E-state index in [2.05, 4.69) is 49.0 Å². The van der Waals surface area contributed by atoms with Gasteiger partial charge in [-0.15, -0.1) is 0 Å². The average Bonchev–Trinajstić information content (AvgIpc) is 2.80. The first-order valence-electron chi connectivity index (χ1n) is 10.2. The van der Waals surface area contributed by atoms with Gasteiger partial charge in [-0.1, -0.05) is 40.2 Å². The van der Waals surface area contributed by atoms with Crippen molar-refractivity contribution in [2.45, 2.75) is 20.0 Å². The predicted molar refractivity (Wildman–Crippen MR) is 141 cm³/mol. The molecule has 0 spiro atoms. The van der Waals surface area contributed by atoms with Crippen molar-refractivity contribution in [1.29, 1.82) is 0 Å². The molecule has 0 bridgehead atoms. The van der Waals surface area contributed by atoms with Crippen LogP contribution in [0.25, 0.3) is 0 Å². The van der Waals surface area contributed by atoms with Gasteiger partial charge in [0, 0.05) is 16.6 Å². The third kappa shape index (κ3) is 7.52. The first-order chi connectivity index (χ1) is 16.4. The molecule has 8 nitrogen and oxygen atoms in total. The van der Waals surface area contributed by atoms with E-state index in [1.807, 2.05) is 37.3 Å². The van der Waals surface area contributed by atoms with E-state index >= 15 is 0 Å². The summed E-state index contributed by atoms with van der Waals surface area (Å²) in [5.74, 6) is 0.897. The van der Waals surface area contributed by atoms with E-state index in [0.29, 0.717) is 30.3 Å². The third-order valence-corrected chi connectivity index (χ3v) is 5.87. The first-order valence-corrected chi connectivity index (χ1v) is 12.1. The standard InChI is InChI=1S/C24H21BrIN3O5/c1-2-33-22-12-18(11-21(26)24(22)34-15-17-3-7-19(25)8-4-17)14-27-28-23(30)13-16-5-9-20(10-6-16)29(31)32/h3-12,14H,2,13,15H2,1H3,(H,28,30)/b27-14-. The van der Waals surface area contributed by atoms with Crippen LogP contribution < -0.4 is 14.9 Å². The molecule has 0 atom stereocenters. The molecule has 0 radical (unpaired) electrons. The van der Waals surface area contributed by atoms with Crippen LogP contribution >= 0.6 is 38.5 Å². The number of hydrazone groups is 1. The molecule has 34 heavy (non-hydrogen) atoms. The van der Waals surface area contributed by atoms with Crippen LogP contribution in [0.1, 0.15) is 23.6 Å². The minimum atomic E-state index is -0.483. The second kappa shape index (κ2) is 12.5. The van der Waals surface area contributed by atoms with Gasteiger partial charge in [0.05, 0.1) is 27.7 Å². The molecule has 0 unspecified atom stereocenters. The topological polar surface area (TPSA) is 103 Å². The number of amides is 1. The number of benzene rings is 3. The van der Waals surface area contributed by atoms with Gasteiger partial charge in [0.1, 0.15) is 6.61 Å². The van der Waals surface area contributed by atoms with Crippen LogP contribution in [0.5, 0.6) is 11.5 Å². The summed E-state index contributed by atoms with van der Waals surface area (Å²) in [5, 5.41) is 14.7. The molecule has 0 fully saturated rings. The highest BCUT2D eigenvalue weighted by molar-refractivity contribution is 14.1. The Bertz CT molecular complexity index is 1180. The minimum absolute atomic E-state index is 0.0221. The lowest BCUT2D eigenvalue weighted by atomic mass is 10.1. The zero-order valence-corrected chi connectivity index (χ0v) is 21.9. The number of ether oxygens (including phenoxy) is 2. The van der Waals surface area contributed by atoms with Crippen LogP contribution in [0.3, 0.4) is 0 Å². The number of hydrogen-bond donors (Lipinski definition) is 1. The van der Waals surface area contributed by atoms with Crippen molar-refractivity contribution in [2.24, 2.45) is 5.10 Å². The van der Waals surface area contributed by atoms with Gasteiger partial charge in [-0.3, -0.25) is 14.9 Å². The van der Waals surface area contributed by atoms with Crippen molar-refractivity contribution in [3.8, 4) is 11.5 Å². The van der Waals surface area contributed by atoms with Gasteiger partial charge < -0.3 is 9.47 Å². The van der Waals surface area contributed by atoms with Gasteiger partial charge in [0.2, 0.25) is 5.91 Å². The lowest BCUT2D eigenvalue weighted by molar-refractivity contribution is -0.384. The Morgan fingerprint density at radius 2 is 1.79 bits per heavy atom. The molecule has 176 valence electrons. The van der Waals surface area contributed by atoms with E-state index in [4.69, 9.17) is 9.47 Å². The number of nitro groups is 1. The van der Waals surface area contributed by atoms with Gasteiger partial charge >= 0.3 is 0 Å². The number of hydrogen-bond acceptors (Lipinski definition) is 6. The Morgan fingerprint density at radius 3 is 2.44 bits per heavy atom. The van der Waals surface area contributed by atoms with Crippen molar-refractivity contribution >= 4 is 56.3 Å². The molecule has 1 N–H and O–H groups in total. The first kappa shape index (κ1) is 25.6. The molecule has 10 heteroatoms. The summed E-state index contributed by atoms with van der Waals surface area (Å²) in [7, 11) is 0. The van der Waals surface area contributed by atoms with Gasteiger partial charge in [-0.2, -0.15) is 5.10 Å². The molecule has 3 aromatic carbocycles. The van der Waals surface area contributed by atoms with Crippen LogP contribution in [0.4, 0.5) is 5.69 Å². The number of nitrogens with one attached hydrogen (secondary N) is 1. The number of rotatable bonds is 10. The maximum Gasteiger partial charge on any atom is 0.269 e. The number of nitro benzene ring substituents is 1. The Kier molecular flexibility index (Phi) is 9.40. The van der Waals surface area contributed by atoms with Gasteiger partial charge in [-0.05, 0) is 70.5 Å². The molecule has 3 aromatic rings. The van der Waals surface area contributed by atoms with Crippen LogP contribution in [-0.4, -0.2) is 23.7 Å². The van der Waals surface area contributed by atoms with E-state index < -0.39 is 4.92 Å². The maximum absolute atomic E-state index is 12.1.